The third-order valence-electron chi connectivity index (χ3n) is 0.899. The van der Waals surface area contributed by atoms with E-state index in [4.69, 9.17) is 10.2 Å². The Kier molecular flexibility index (Phi) is 4.16. The number of carbonyl (C=O) groups is 2. The van der Waals surface area contributed by atoms with Gasteiger partial charge in [-0.1, -0.05) is 0 Å². The van der Waals surface area contributed by atoms with Crippen LogP contribution in [0, 0.1) is 0 Å². The zero-order valence-corrected chi connectivity index (χ0v) is 5.90. The number of carboxylic acids is 2. The van der Waals surface area contributed by atoms with Crippen molar-refractivity contribution in [2.75, 3.05) is 13.7 Å². The molecule has 0 heterocycles. The first-order valence-electron chi connectivity index (χ1n) is 2.78. The zero-order chi connectivity index (χ0) is 8.85. The molecule has 0 radical (unpaired) electrons. The first kappa shape index (κ1) is 9.86. The van der Waals surface area contributed by atoms with Gasteiger partial charge in [0.25, 0.3) is 0 Å². The van der Waals surface area contributed by atoms with Gasteiger partial charge in [-0.15, -0.1) is 0 Å². The molecule has 1 unspecified atom stereocenters. The van der Waals surface area contributed by atoms with Gasteiger partial charge in [-0.3, -0.25) is 10.1 Å². The fraction of sp³-hybridized carbons (Fsp3) is 0.600. The van der Waals surface area contributed by atoms with Crippen LogP contribution >= 0.6 is 0 Å². The van der Waals surface area contributed by atoms with E-state index in [0.29, 0.717) is 0 Å². The Hall–Kier alpha value is -1.14. The molecule has 0 aliphatic rings. The van der Waals surface area contributed by atoms with Gasteiger partial charge in [0.1, 0.15) is 0 Å². The van der Waals surface area contributed by atoms with Crippen LogP contribution in [0.4, 0.5) is 0 Å². The maximum atomic E-state index is 10.2. The summed E-state index contributed by atoms with van der Waals surface area (Å²) in [5.41, 5.74) is 0. The fourth-order valence-corrected chi connectivity index (χ4v) is 0.451. The summed E-state index contributed by atoms with van der Waals surface area (Å²) in [4.78, 5) is 20.1. The average Bonchev–Trinajstić information content (AvgIpc) is 1.87. The molecule has 6 heteroatoms. The van der Waals surface area contributed by atoms with Crippen LogP contribution in [-0.2, 0) is 14.3 Å². The van der Waals surface area contributed by atoms with Crippen molar-refractivity contribution in [3.05, 3.63) is 0 Å². The highest BCUT2D eigenvalue weighted by Gasteiger charge is 2.15. The number of methoxy groups -OCH3 is 1. The molecule has 0 amide bonds. The first-order chi connectivity index (χ1) is 5.07. The summed E-state index contributed by atoms with van der Waals surface area (Å²) in [6, 6.07) is 0. The Labute approximate surface area is 62.8 Å². The molecule has 1 atom stereocenters. The lowest BCUT2D eigenvalue weighted by atomic mass is 10.5. The second-order valence-corrected chi connectivity index (χ2v) is 1.73. The second kappa shape index (κ2) is 4.64. The Morgan fingerprint density at radius 2 is 2.09 bits per heavy atom. The van der Waals surface area contributed by atoms with Gasteiger partial charge in [0.2, 0.25) is 6.23 Å². The Bertz CT molecular complexity index is 157. The van der Waals surface area contributed by atoms with Gasteiger partial charge in [0.15, 0.2) is 0 Å². The van der Waals surface area contributed by atoms with Gasteiger partial charge in [-0.2, -0.15) is 0 Å². The van der Waals surface area contributed by atoms with Crippen LogP contribution in [0.25, 0.3) is 0 Å². The number of rotatable bonds is 5. The molecule has 0 bridgehead atoms. The normalized spacial score (nSPS) is 12.5. The molecular formula is C5H9NO5. The van der Waals surface area contributed by atoms with E-state index in [1.54, 1.807) is 0 Å². The topological polar surface area (TPSA) is 95.9 Å². The lowest BCUT2D eigenvalue weighted by molar-refractivity contribution is -0.151. The van der Waals surface area contributed by atoms with E-state index in [1.807, 2.05) is 0 Å². The molecule has 0 fully saturated rings. The van der Waals surface area contributed by atoms with Crippen molar-refractivity contribution in [2.24, 2.45) is 0 Å². The van der Waals surface area contributed by atoms with E-state index in [-0.39, 0.29) is 0 Å². The highest BCUT2D eigenvalue weighted by atomic mass is 16.5. The predicted octanol–water partition coefficient (Wildman–Crippen LogP) is -1.28. The van der Waals surface area contributed by atoms with Crippen molar-refractivity contribution in [3.8, 4) is 0 Å². The minimum atomic E-state index is -1.26. The van der Waals surface area contributed by atoms with Crippen LogP contribution in [0.1, 0.15) is 0 Å². The van der Waals surface area contributed by atoms with Crippen LogP contribution in [0.2, 0.25) is 0 Å². The summed E-state index contributed by atoms with van der Waals surface area (Å²) >= 11 is 0. The molecular weight excluding hydrogens is 154 g/mol. The van der Waals surface area contributed by atoms with Gasteiger partial charge in [0, 0.05) is 7.11 Å². The van der Waals surface area contributed by atoms with Crippen LogP contribution in [0.15, 0.2) is 0 Å². The van der Waals surface area contributed by atoms with E-state index >= 15 is 0 Å². The van der Waals surface area contributed by atoms with Crippen molar-refractivity contribution < 1.29 is 24.5 Å². The van der Waals surface area contributed by atoms with Crippen molar-refractivity contribution in [2.45, 2.75) is 6.23 Å². The minimum absolute atomic E-state index is 0.440. The molecule has 0 aliphatic heterocycles. The Morgan fingerprint density at radius 1 is 1.55 bits per heavy atom. The Morgan fingerprint density at radius 3 is 2.36 bits per heavy atom. The van der Waals surface area contributed by atoms with Crippen molar-refractivity contribution in [1.82, 2.24) is 5.32 Å². The van der Waals surface area contributed by atoms with Crippen molar-refractivity contribution in [1.29, 1.82) is 0 Å². The summed E-state index contributed by atoms with van der Waals surface area (Å²) in [7, 11) is 1.17. The lowest BCUT2D eigenvalue weighted by Crippen LogP contribution is -2.40. The van der Waals surface area contributed by atoms with E-state index in [1.165, 1.54) is 7.11 Å². The number of nitrogens with one attached hydrogen (secondary N) is 1. The van der Waals surface area contributed by atoms with Gasteiger partial charge < -0.3 is 14.9 Å². The van der Waals surface area contributed by atoms with Gasteiger partial charge in [-0.25, -0.2) is 4.79 Å². The first-order valence-corrected chi connectivity index (χ1v) is 2.78. The summed E-state index contributed by atoms with van der Waals surface area (Å²) < 4.78 is 4.39. The van der Waals surface area contributed by atoms with Crippen molar-refractivity contribution in [3.63, 3.8) is 0 Å². The molecule has 11 heavy (non-hydrogen) atoms. The van der Waals surface area contributed by atoms with Crippen molar-refractivity contribution >= 4 is 11.9 Å². The molecule has 0 rings (SSSR count). The van der Waals surface area contributed by atoms with E-state index in [9.17, 15) is 9.59 Å². The number of hydrogen-bond donors (Lipinski definition) is 3. The van der Waals surface area contributed by atoms with Crippen LogP contribution < -0.4 is 5.32 Å². The second-order valence-electron chi connectivity index (χ2n) is 1.73. The number of ether oxygens (including phenoxy) is 1. The number of carboxylic acid groups (broad SMARTS) is 2. The Balaban J connectivity index is 3.70. The summed E-state index contributed by atoms with van der Waals surface area (Å²) in [6.45, 7) is -0.440. The number of aliphatic carboxylic acids is 2. The quantitative estimate of drug-likeness (QED) is 0.437. The van der Waals surface area contributed by atoms with E-state index in [0.717, 1.165) is 0 Å². The molecule has 0 aliphatic carbocycles. The summed E-state index contributed by atoms with van der Waals surface area (Å²) in [5.74, 6) is -2.37. The SMILES string of the molecule is COC(NCC(=O)O)C(=O)O. The summed E-state index contributed by atoms with van der Waals surface area (Å²) in [5, 5.41) is 18.6. The molecule has 6 nitrogen and oxygen atoms in total. The standard InChI is InChI=1S/C5H9NO5/c1-11-4(5(9)10)6-2-3(7)8/h4,6H,2H2,1H3,(H,7,8)(H,9,10). The maximum Gasteiger partial charge on any atom is 0.348 e. The monoisotopic (exact) mass is 163 g/mol. The highest BCUT2D eigenvalue weighted by molar-refractivity contribution is 5.74. The smallest absolute Gasteiger partial charge is 0.348 e. The third-order valence-corrected chi connectivity index (χ3v) is 0.899. The van der Waals surface area contributed by atoms with Gasteiger partial charge in [-0.05, 0) is 0 Å². The molecule has 0 spiro atoms. The summed E-state index contributed by atoms with van der Waals surface area (Å²) in [6.07, 6.45) is -1.26. The molecule has 0 aromatic carbocycles. The van der Waals surface area contributed by atoms with Crippen LogP contribution in [-0.4, -0.2) is 42.0 Å². The van der Waals surface area contributed by atoms with Gasteiger partial charge >= 0.3 is 11.9 Å². The average molecular weight is 163 g/mol. The molecule has 0 aromatic rings. The molecule has 0 aromatic heterocycles. The third kappa shape index (κ3) is 4.29. The maximum absolute atomic E-state index is 10.2. The van der Waals surface area contributed by atoms with Gasteiger partial charge in [0.05, 0.1) is 6.54 Å². The predicted molar refractivity (Wildman–Crippen MR) is 34.1 cm³/mol. The molecule has 0 saturated heterocycles. The largest absolute Gasteiger partial charge is 0.480 e. The number of hydrogen-bond acceptors (Lipinski definition) is 4. The molecule has 0 saturated carbocycles. The van der Waals surface area contributed by atoms with E-state index in [2.05, 4.69) is 10.1 Å². The van der Waals surface area contributed by atoms with Crippen LogP contribution in [0.3, 0.4) is 0 Å². The highest BCUT2D eigenvalue weighted by Crippen LogP contribution is 1.82. The van der Waals surface area contributed by atoms with E-state index < -0.39 is 24.7 Å². The zero-order valence-electron chi connectivity index (χ0n) is 5.90. The lowest BCUT2D eigenvalue weighted by Gasteiger charge is -2.09. The molecule has 64 valence electrons. The fourth-order valence-electron chi connectivity index (χ4n) is 0.451. The van der Waals surface area contributed by atoms with Crippen LogP contribution in [0.5, 0.6) is 0 Å². The minimum Gasteiger partial charge on any atom is -0.480 e. The molecule has 3 N–H and O–H groups in total.